The molecule has 3 saturated heterocycles. The van der Waals surface area contributed by atoms with E-state index in [9.17, 15) is 50.4 Å². The highest BCUT2D eigenvalue weighted by molar-refractivity contribution is 5.73. The normalized spacial score (nSPS) is 46.9. The largest absolute Gasteiger partial charge is 0.394 e. The Morgan fingerprint density at radius 3 is 1.92 bits per heavy atom. The van der Waals surface area contributed by atoms with Crippen molar-refractivity contribution in [2.24, 2.45) is 0 Å². The summed E-state index contributed by atoms with van der Waals surface area (Å²) in [6.07, 6.45) is -19.6. The second-order valence-electron chi connectivity index (χ2n) is 9.83. The topological polar surface area (TPSA) is 266 Å². The maximum atomic E-state index is 11.8. The van der Waals surface area contributed by atoms with Crippen molar-refractivity contribution in [3.05, 3.63) is 0 Å². The first-order chi connectivity index (χ1) is 18.3. The van der Waals surface area contributed by atoms with Gasteiger partial charge in [0.25, 0.3) is 0 Å². The van der Waals surface area contributed by atoms with Crippen LogP contribution in [0.2, 0.25) is 0 Å². The van der Waals surface area contributed by atoms with Crippen LogP contribution in [-0.4, -0.2) is 158 Å². The molecular weight excluding hydrogens is 532 g/mol. The molecule has 17 nitrogen and oxygen atoms in total. The molecule has 3 rings (SSSR count). The third kappa shape index (κ3) is 7.20. The number of aliphatic hydroxyl groups is 8. The van der Waals surface area contributed by atoms with Crippen molar-refractivity contribution < 1.29 is 74.1 Å². The van der Waals surface area contributed by atoms with E-state index in [1.165, 1.54) is 6.92 Å². The van der Waals surface area contributed by atoms with Gasteiger partial charge in [0.05, 0.1) is 19.3 Å². The fourth-order valence-corrected chi connectivity index (χ4v) is 4.71. The smallest absolute Gasteiger partial charge is 0.217 e. The van der Waals surface area contributed by atoms with E-state index in [-0.39, 0.29) is 0 Å². The third-order valence-electron chi connectivity index (χ3n) is 6.84. The van der Waals surface area contributed by atoms with Gasteiger partial charge in [-0.15, -0.1) is 0 Å². The predicted octanol–water partition coefficient (Wildman–Crippen LogP) is -6.26. The molecule has 10 N–H and O–H groups in total. The second kappa shape index (κ2) is 13.4. The molecule has 3 fully saturated rings. The zero-order valence-corrected chi connectivity index (χ0v) is 21.5. The number of amides is 2. The third-order valence-corrected chi connectivity index (χ3v) is 6.84. The van der Waals surface area contributed by atoms with Crippen LogP contribution in [0.4, 0.5) is 0 Å². The molecule has 39 heavy (non-hydrogen) atoms. The van der Waals surface area contributed by atoms with Gasteiger partial charge in [0, 0.05) is 13.8 Å². The summed E-state index contributed by atoms with van der Waals surface area (Å²) in [6, 6.07) is -2.80. The van der Waals surface area contributed by atoms with Crippen molar-refractivity contribution >= 4 is 11.8 Å². The summed E-state index contributed by atoms with van der Waals surface area (Å²) >= 11 is 0. The molecule has 0 aromatic carbocycles. The van der Waals surface area contributed by atoms with Crippen LogP contribution in [0.3, 0.4) is 0 Å². The fourth-order valence-electron chi connectivity index (χ4n) is 4.71. The molecule has 0 aliphatic carbocycles. The molecule has 0 spiro atoms. The van der Waals surface area contributed by atoms with Gasteiger partial charge in [-0.25, -0.2) is 0 Å². The molecule has 15 atom stereocenters. The molecule has 0 aromatic heterocycles. The van der Waals surface area contributed by atoms with Crippen LogP contribution < -0.4 is 10.6 Å². The van der Waals surface area contributed by atoms with E-state index in [4.69, 9.17) is 23.7 Å². The van der Waals surface area contributed by atoms with E-state index in [0.29, 0.717) is 0 Å². The molecule has 3 aliphatic heterocycles. The highest BCUT2D eigenvalue weighted by atomic mass is 16.7. The van der Waals surface area contributed by atoms with Crippen molar-refractivity contribution in [1.82, 2.24) is 10.6 Å². The zero-order valence-electron chi connectivity index (χ0n) is 21.5. The average Bonchev–Trinajstić information content (AvgIpc) is 2.87. The molecule has 3 aliphatic rings. The summed E-state index contributed by atoms with van der Waals surface area (Å²) in [5.41, 5.74) is 0. The Labute approximate surface area is 223 Å². The van der Waals surface area contributed by atoms with Gasteiger partial charge in [-0.05, 0) is 6.92 Å². The van der Waals surface area contributed by atoms with Gasteiger partial charge in [0.2, 0.25) is 11.8 Å². The minimum absolute atomic E-state index is 0.547. The first-order valence-electron chi connectivity index (χ1n) is 12.4. The summed E-state index contributed by atoms with van der Waals surface area (Å²) in [4.78, 5) is 23.4. The number of hydrogen-bond donors (Lipinski definition) is 10. The lowest BCUT2D eigenvalue weighted by Gasteiger charge is -2.48. The first-order valence-corrected chi connectivity index (χ1v) is 12.4. The molecule has 17 heteroatoms. The standard InChI is InChI=1S/C22H38N2O15/c1-6-13(28)17(32)18(33)22(36-6)35-5-10-19(16(31)11(20(34)37-10)23-7(2)26)39-21-12(24-8(3)27)15(30)14(29)9(4-25)38-21/h6,9-22,25,28-34H,4-5H2,1-3H3,(H,23,26)(H,24,27)/t6-,9-,10-,11-,12-,13-,14-,15-,16-,17-,18+,19-,20-,21+,22+/m1/s1. The van der Waals surface area contributed by atoms with E-state index >= 15 is 0 Å². The van der Waals surface area contributed by atoms with Gasteiger partial charge in [-0.3, -0.25) is 9.59 Å². The van der Waals surface area contributed by atoms with Crippen LogP contribution in [0.25, 0.3) is 0 Å². The van der Waals surface area contributed by atoms with Crippen LogP contribution in [-0.2, 0) is 33.3 Å². The van der Waals surface area contributed by atoms with E-state index in [0.717, 1.165) is 13.8 Å². The SMILES string of the molecule is CC(=O)N[C@@H]1[C@@H](O)[C@H](O[C@@H]2O[C@H](CO)[C@@H](O)[C@H](O)[C@H]2NC(C)=O)[C@@H](CO[C@H]2O[C@H](C)[C@@H](O)[C@@H](O)[C@@H]2O)O[C@H]1O. The molecule has 226 valence electrons. The number of nitrogens with one attached hydrogen (secondary N) is 2. The van der Waals surface area contributed by atoms with Gasteiger partial charge in [0.15, 0.2) is 18.9 Å². The van der Waals surface area contributed by atoms with Crippen LogP contribution >= 0.6 is 0 Å². The number of aliphatic hydroxyl groups excluding tert-OH is 8. The van der Waals surface area contributed by atoms with Crippen molar-refractivity contribution in [3.8, 4) is 0 Å². The van der Waals surface area contributed by atoms with E-state index in [1.807, 2.05) is 0 Å². The van der Waals surface area contributed by atoms with Crippen LogP contribution in [0.1, 0.15) is 20.8 Å². The maximum Gasteiger partial charge on any atom is 0.217 e. The van der Waals surface area contributed by atoms with Crippen molar-refractivity contribution in [1.29, 1.82) is 0 Å². The number of hydrogen-bond acceptors (Lipinski definition) is 15. The van der Waals surface area contributed by atoms with Gasteiger partial charge >= 0.3 is 0 Å². The van der Waals surface area contributed by atoms with Gasteiger partial charge in [0.1, 0.15) is 67.0 Å². The summed E-state index contributed by atoms with van der Waals surface area (Å²) < 4.78 is 27.9. The number of carbonyl (C=O) groups excluding carboxylic acids is 2. The molecule has 0 radical (unpaired) electrons. The minimum Gasteiger partial charge on any atom is -0.394 e. The fraction of sp³-hybridized carbons (Fsp3) is 0.909. The van der Waals surface area contributed by atoms with Crippen LogP contribution in [0.15, 0.2) is 0 Å². The lowest BCUT2D eigenvalue weighted by atomic mass is 9.94. The van der Waals surface area contributed by atoms with Crippen LogP contribution in [0.5, 0.6) is 0 Å². The van der Waals surface area contributed by atoms with Gasteiger partial charge in [-0.1, -0.05) is 0 Å². The Hall–Kier alpha value is -1.58. The lowest BCUT2D eigenvalue weighted by molar-refractivity contribution is -0.340. The summed E-state index contributed by atoms with van der Waals surface area (Å²) in [6.45, 7) is 2.42. The quantitative estimate of drug-likeness (QED) is 0.130. The summed E-state index contributed by atoms with van der Waals surface area (Å²) in [5.74, 6) is -1.25. The van der Waals surface area contributed by atoms with Gasteiger partial charge < -0.3 is 75.2 Å². The molecule has 0 bridgehead atoms. The number of rotatable bonds is 8. The lowest BCUT2D eigenvalue weighted by Crippen LogP contribution is -2.69. The van der Waals surface area contributed by atoms with Crippen LogP contribution in [0, 0.1) is 0 Å². The van der Waals surface area contributed by atoms with E-state index in [1.54, 1.807) is 0 Å². The summed E-state index contributed by atoms with van der Waals surface area (Å²) in [5, 5.41) is 86.8. The molecule has 2 amide bonds. The Balaban J connectivity index is 1.84. The molecular formula is C22H38N2O15. The predicted molar refractivity (Wildman–Crippen MR) is 123 cm³/mol. The average molecular weight is 571 g/mol. The second-order valence-corrected chi connectivity index (χ2v) is 9.83. The Bertz CT molecular complexity index is 837. The van der Waals surface area contributed by atoms with E-state index < -0.39 is 117 Å². The molecule has 0 unspecified atom stereocenters. The molecule has 0 saturated carbocycles. The zero-order chi connectivity index (χ0) is 29.2. The highest BCUT2D eigenvalue weighted by Gasteiger charge is 2.52. The Kier molecular flexibility index (Phi) is 11.0. The molecule has 0 aromatic rings. The Morgan fingerprint density at radius 2 is 1.33 bits per heavy atom. The summed E-state index contributed by atoms with van der Waals surface area (Å²) in [7, 11) is 0. The Morgan fingerprint density at radius 1 is 0.718 bits per heavy atom. The van der Waals surface area contributed by atoms with E-state index in [2.05, 4.69) is 10.6 Å². The number of carbonyl (C=O) groups is 2. The minimum atomic E-state index is -1.77. The monoisotopic (exact) mass is 570 g/mol. The van der Waals surface area contributed by atoms with Crippen molar-refractivity contribution in [3.63, 3.8) is 0 Å². The maximum absolute atomic E-state index is 11.8. The van der Waals surface area contributed by atoms with Crippen molar-refractivity contribution in [2.75, 3.05) is 13.2 Å². The number of ether oxygens (including phenoxy) is 5. The van der Waals surface area contributed by atoms with Gasteiger partial charge in [-0.2, -0.15) is 0 Å². The highest BCUT2D eigenvalue weighted by Crippen LogP contribution is 2.30. The first kappa shape index (κ1) is 31.9. The van der Waals surface area contributed by atoms with Crippen molar-refractivity contribution in [2.45, 2.75) is 113 Å². The molecule has 3 heterocycles.